The lowest BCUT2D eigenvalue weighted by Crippen LogP contribution is -2.04. The van der Waals surface area contributed by atoms with Gasteiger partial charge in [-0.3, -0.25) is 0 Å². The minimum absolute atomic E-state index is 0. The van der Waals surface area contributed by atoms with Gasteiger partial charge in [-0.05, 0) is 42.0 Å². The maximum atomic E-state index is 2.36. The molecule has 0 heterocycles. The van der Waals surface area contributed by atoms with Crippen LogP contribution < -0.4 is 6.15 Å². The van der Waals surface area contributed by atoms with Crippen LogP contribution in [0.5, 0.6) is 0 Å². The van der Waals surface area contributed by atoms with E-state index >= 15 is 0 Å². The Hall–Kier alpha value is -1.34. The smallest absolute Gasteiger partial charge is 0.0146 e. The molecule has 1 aliphatic carbocycles. The van der Waals surface area contributed by atoms with Gasteiger partial charge in [0.25, 0.3) is 0 Å². The lowest BCUT2D eigenvalue weighted by molar-refractivity contribution is 0.445. The van der Waals surface area contributed by atoms with Crippen molar-refractivity contribution in [3.8, 4) is 0 Å². The highest BCUT2D eigenvalue weighted by Gasteiger charge is 2.17. The Labute approximate surface area is 110 Å². The van der Waals surface area contributed by atoms with Crippen molar-refractivity contribution in [1.29, 1.82) is 0 Å². The van der Waals surface area contributed by atoms with Gasteiger partial charge in [-0.2, -0.15) is 0 Å². The lowest BCUT2D eigenvalue weighted by Gasteiger charge is -2.23. The van der Waals surface area contributed by atoms with Gasteiger partial charge in [0.05, 0.1) is 0 Å². The number of rotatable bonds is 1. The topological polar surface area (TPSA) is 35.0 Å². The molecule has 2 aromatic rings. The fraction of sp³-hybridized carbons (Fsp3) is 0.412. The van der Waals surface area contributed by atoms with Gasteiger partial charge in [-0.15, -0.1) is 0 Å². The summed E-state index contributed by atoms with van der Waals surface area (Å²) in [6, 6.07) is 13.6. The molecule has 0 saturated heterocycles. The predicted molar refractivity (Wildman–Crippen MR) is 79.5 cm³/mol. The molecule has 0 radical (unpaired) electrons. The van der Waals surface area contributed by atoms with Crippen molar-refractivity contribution in [1.82, 2.24) is 6.15 Å². The number of hydrogen-bond acceptors (Lipinski definition) is 1. The largest absolute Gasteiger partial charge is 0.344 e. The summed E-state index contributed by atoms with van der Waals surface area (Å²) in [5.74, 6) is 0.800. The van der Waals surface area contributed by atoms with Crippen molar-refractivity contribution in [2.45, 2.75) is 44.9 Å². The van der Waals surface area contributed by atoms with E-state index in [0.29, 0.717) is 0 Å². The molecule has 0 spiro atoms. The first-order chi connectivity index (χ1) is 8.34. The van der Waals surface area contributed by atoms with Crippen molar-refractivity contribution >= 4 is 10.8 Å². The number of hydrogen-bond donors (Lipinski definition) is 1. The summed E-state index contributed by atoms with van der Waals surface area (Å²) in [5, 5.41) is 2.89. The normalized spacial score (nSPS) is 16.5. The van der Waals surface area contributed by atoms with Crippen LogP contribution in [-0.4, -0.2) is 0 Å². The predicted octanol–water partition coefficient (Wildman–Crippen LogP) is 5.36. The lowest BCUT2D eigenvalue weighted by atomic mass is 9.82. The van der Waals surface area contributed by atoms with Crippen LogP contribution in [0.2, 0.25) is 0 Å². The highest BCUT2D eigenvalue weighted by molar-refractivity contribution is 5.86. The van der Waals surface area contributed by atoms with Gasteiger partial charge in [0.15, 0.2) is 0 Å². The Morgan fingerprint density at radius 3 is 2.50 bits per heavy atom. The fourth-order valence-corrected chi connectivity index (χ4v) is 3.18. The SMILES string of the molecule is Cc1ccc2cccc(C3CCCCC3)c2c1.N. The molecule has 1 nitrogen and oxygen atoms in total. The quantitative estimate of drug-likeness (QED) is 0.716. The van der Waals surface area contributed by atoms with Crippen LogP contribution in [0.25, 0.3) is 10.8 Å². The summed E-state index contributed by atoms with van der Waals surface area (Å²) in [4.78, 5) is 0. The van der Waals surface area contributed by atoms with E-state index in [-0.39, 0.29) is 6.15 Å². The van der Waals surface area contributed by atoms with Crippen LogP contribution in [0.15, 0.2) is 36.4 Å². The first kappa shape index (κ1) is 13.1. The van der Waals surface area contributed by atoms with Crippen molar-refractivity contribution < 1.29 is 0 Å². The minimum atomic E-state index is 0. The molecule has 1 saturated carbocycles. The third kappa shape index (κ3) is 2.41. The average Bonchev–Trinajstić information content (AvgIpc) is 2.39. The molecular weight excluding hydrogens is 218 g/mol. The molecule has 0 aliphatic heterocycles. The summed E-state index contributed by atoms with van der Waals surface area (Å²) in [7, 11) is 0. The Balaban J connectivity index is 0.00000120. The third-order valence-corrected chi connectivity index (χ3v) is 4.12. The molecule has 18 heavy (non-hydrogen) atoms. The van der Waals surface area contributed by atoms with Crippen molar-refractivity contribution in [3.63, 3.8) is 0 Å². The second-order valence-electron chi connectivity index (χ2n) is 5.41. The van der Waals surface area contributed by atoms with E-state index in [9.17, 15) is 0 Å². The Morgan fingerprint density at radius 1 is 0.944 bits per heavy atom. The zero-order valence-corrected chi connectivity index (χ0v) is 11.3. The van der Waals surface area contributed by atoms with Crippen LogP contribution in [0.3, 0.4) is 0 Å². The number of fused-ring (bicyclic) bond motifs is 1. The fourth-order valence-electron chi connectivity index (χ4n) is 3.18. The Morgan fingerprint density at radius 2 is 1.72 bits per heavy atom. The molecule has 0 bridgehead atoms. The molecule has 0 amide bonds. The second-order valence-corrected chi connectivity index (χ2v) is 5.41. The summed E-state index contributed by atoms with van der Waals surface area (Å²) >= 11 is 0. The first-order valence-electron chi connectivity index (χ1n) is 6.84. The maximum Gasteiger partial charge on any atom is -0.0146 e. The number of aryl methyl sites for hydroxylation is 1. The number of benzene rings is 2. The summed E-state index contributed by atoms with van der Waals surface area (Å²) in [6.45, 7) is 2.19. The van der Waals surface area contributed by atoms with Gasteiger partial charge in [0.1, 0.15) is 0 Å². The highest BCUT2D eigenvalue weighted by Crippen LogP contribution is 2.36. The van der Waals surface area contributed by atoms with Crippen LogP contribution in [0.1, 0.15) is 49.1 Å². The molecule has 96 valence electrons. The van der Waals surface area contributed by atoms with Gasteiger partial charge in [-0.1, -0.05) is 61.2 Å². The Kier molecular flexibility index (Phi) is 4.03. The van der Waals surface area contributed by atoms with E-state index in [1.165, 1.54) is 48.4 Å². The zero-order chi connectivity index (χ0) is 11.7. The molecule has 0 unspecified atom stereocenters. The molecule has 3 N–H and O–H groups in total. The van der Waals surface area contributed by atoms with Crippen LogP contribution in [0, 0.1) is 6.92 Å². The van der Waals surface area contributed by atoms with Crippen LogP contribution >= 0.6 is 0 Å². The van der Waals surface area contributed by atoms with E-state index in [1.807, 2.05) is 0 Å². The first-order valence-corrected chi connectivity index (χ1v) is 6.84. The molecule has 0 atom stereocenters. The monoisotopic (exact) mass is 241 g/mol. The van der Waals surface area contributed by atoms with E-state index in [0.717, 1.165) is 5.92 Å². The van der Waals surface area contributed by atoms with Gasteiger partial charge >= 0.3 is 0 Å². The second kappa shape index (κ2) is 5.53. The van der Waals surface area contributed by atoms with E-state index in [1.54, 1.807) is 5.56 Å². The molecule has 0 aromatic heterocycles. The van der Waals surface area contributed by atoms with E-state index in [2.05, 4.69) is 43.3 Å². The summed E-state index contributed by atoms with van der Waals surface area (Å²) < 4.78 is 0. The molecular formula is C17H23N. The van der Waals surface area contributed by atoms with Crippen LogP contribution in [-0.2, 0) is 0 Å². The summed E-state index contributed by atoms with van der Waals surface area (Å²) in [5.41, 5.74) is 2.96. The van der Waals surface area contributed by atoms with Crippen molar-refractivity contribution in [3.05, 3.63) is 47.5 Å². The molecule has 3 rings (SSSR count). The Bertz CT molecular complexity index is 524. The standard InChI is InChI=1S/C17H20.H3N/c1-13-10-11-15-8-5-9-16(17(15)12-13)14-6-3-2-4-7-14;/h5,8-12,14H,2-4,6-7H2,1H3;1H3. The average molecular weight is 241 g/mol. The minimum Gasteiger partial charge on any atom is -0.344 e. The van der Waals surface area contributed by atoms with Gasteiger partial charge < -0.3 is 6.15 Å². The maximum absolute atomic E-state index is 2.36. The molecule has 2 aromatic carbocycles. The van der Waals surface area contributed by atoms with Crippen LogP contribution in [0.4, 0.5) is 0 Å². The van der Waals surface area contributed by atoms with Crippen molar-refractivity contribution in [2.75, 3.05) is 0 Å². The van der Waals surface area contributed by atoms with E-state index in [4.69, 9.17) is 0 Å². The highest BCUT2D eigenvalue weighted by atomic mass is 14.2. The van der Waals surface area contributed by atoms with Crippen molar-refractivity contribution in [2.24, 2.45) is 0 Å². The van der Waals surface area contributed by atoms with Gasteiger partial charge in [0, 0.05) is 0 Å². The molecule has 1 heteroatoms. The van der Waals surface area contributed by atoms with Gasteiger partial charge in [0.2, 0.25) is 0 Å². The van der Waals surface area contributed by atoms with Gasteiger partial charge in [-0.25, -0.2) is 0 Å². The zero-order valence-electron chi connectivity index (χ0n) is 11.3. The summed E-state index contributed by atoms with van der Waals surface area (Å²) in [6.07, 6.45) is 7.01. The molecule has 1 fully saturated rings. The van der Waals surface area contributed by atoms with E-state index < -0.39 is 0 Å². The molecule has 1 aliphatic rings. The third-order valence-electron chi connectivity index (χ3n) is 4.12.